The number of hydrogen-bond acceptors (Lipinski definition) is 8. The zero-order chi connectivity index (χ0) is 34.3. The van der Waals surface area contributed by atoms with Gasteiger partial charge in [-0.05, 0) is 61.9 Å². The average Bonchev–Trinajstić information content (AvgIpc) is 3.43. The molecule has 5 rings (SSSR count). The van der Waals surface area contributed by atoms with Gasteiger partial charge in [-0.1, -0.05) is 12.1 Å². The summed E-state index contributed by atoms with van der Waals surface area (Å²) in [6.07, 6.45) is -8.01. The summed E-state index contributed by atoms with van der Waals surface area (Å²) in [5.74, 6) is -1.71. The molecule has 0 saturated carbocycles. The molecule has 1 aromatic heterocycles. The van der Waals surface area contributed by atoms with Crippen molar-refractivity contribution < 1.29 is 55.6 Å². The number of nitrogens with zero attached hydrogens (tertiary/aromatic N) is 5. The van der Waals surface area contributed by atoms with Gasteiger partial charge in [0.2, 0.25) is 0 Å². The van der Waals surface area contributed by atoms with Crippen LogP contribution in [0.15, 0.2) is 48.5 Å². The van der Waals surface area contributed by atoms with Gasteiger partial charge in [-0.15, -0.1) is 10.2 Å². The largest absolute Gasteiger partial charge is 0.497 e. The van der Waals surface area contributed by atoms with E-state index in [0.717, 1.165) is 74.3 Å². The molecule has 0 radical (unpaired) electrons. The van der Waals surface area contributed by atoms with Crippen LogP contribution in [0.4, 0.5) is 26.3 Å². The van der Waals surface area contributed by atoms with Crippen LogP contribution in [0.1, 0.15) is 24.2 Å². The predicted octanol–water partition coefficient (Wildman–Crippen LogP) is 4.67. The summed E-state index contributed by atoms with van der Waals surface area (Å²) in [6.45, 7) is 4.89. The number of carbonyl (C=O) groups is 2. The number of ether oxygens (including phenoxy) is 2. The van der Waals surface area contributed by atoms with E-state index in [1.54, 1.807) is 14.2 Å². The van der Waals surface area contributed by atoms with Crippen molar-refractivity contribution in [3.05, 3.63) is 59.9 Å². The second-order valence-corrected chi connectivity index (χ2v) is 10.6. The van der Waals surface area contributed by atoms with Gasteiger partial charge in [0.15, 0.2) is 5.82 Å². The summed E-state index contributed by atoms with van der Waals surface area (Å²) < 4.78 is 76.6. The lowest BCUT2D eigenvalue weighted by Crippen LogP contribution is -2.55. The first-order valence-corrected chi connectivity index (χ1v) is 13.7. The monoisotopic (exact) mass is 661 g/mol. The molecule has 46 heavy (non-hydrogen) atoms. The molecule has 0 bridgehead atoms. The number of aliphatic carboxylic acids is 2. The van der Waals surface area contributed by atoms with Gasteiger partial charge in [-0.2, -0.15) is 26.3 Å². The van der Waals surface area contributed by atoms with Crippen LogP contribution in [0, 0.1) is 0 Å². The summed E-state index contributed by atoms with van der Waals surface area (Å²) in [7, 11) is 5.61. The van der Waals surface area contributed by atoms with E-state index >= 15 is 0 Å². The third-order valence-corrected chi connectivity index (χ3v) is 7.34. The molecule has 0 unspecified atom stereocenters. The van der Waals surface area contributed by atoms with Crippen molar-refractivity contribution >= 4 is 11.9 Å². The van der Waals surface area contributed by atoms with E-state index < -0.39 is 24.3 Å². The number of methoxy groups -OCH3 is 2. The molecule has 1 fully saturated rings. The van der Waals surface area contributed by atoms with Gasteiger partial charge in [0.1, 0.15) is 17.3 Å². The minimum Gasteiger partial charge on any atom is -0.497 e. The van der Waals surface area contributed by atoms with Crippen LogP contribution in [-0.2, 0) is 28.2 Å². The number of fused-ring (bicyclic) bond motifs is 2. The van der Waals surface area contributed by atoms with E-state index in [1.165, 1.54) is 5.56 Å². The maximum Gasteiger partial charge on any atom is 0.490 e. The maximum absolute atomic E-state index is 10.6. The Labute approximate surface area is 259 Å². The van der Waals surface area contributed by atoms with Gasteiger partial charge in [-0.3, -0.25) is 9.80 Å². The molecular formula is C29H33F6N5O6. The van der Waals surface area contributed by atoms with Crippen LogP contribution in [0.5, 0.6) is 11.5 Å². The van der Waals surface area contributed by atoms with Crippen molar-refractivity contribution in [2.75, 3.05) is 40.9 Å². The summed E-state index contributed by atoms with van der Waals surface area (Å²) in [4.78, 5) is 22.7. The van der Waals surface area contributed by atoms with Crippen LogP contribution in [0.3, 0.4) is 0 Å². The minimum atomic E-state index is -5.08. The molecular weight excluding hydrogens is 628 g/mol. The molecule has 0 aliphatic carbocycles. The Morgan fingerprint density at radius 1 is 0.870 bits per heavy atom. The Kier molecular flexibility index (Phi) is 11.6. The van der Waals surface area contributed by atoms with E-state index in [2.05, 4.69) is 61.9 Å². The number of alkyl halides is 6. The summed E-state index contributed by atoms with van der Waals surface area (Å²) in [5, 5.41) is 23.5. The Balaban J connectivity index is 0.000000345. The lowest BCUT2D eigenvalue weighted by atomic mass is 9.84. The highest BCUT2D eigenvalue weighted by Crippen LogP contribution is 2.39. The molecule has 2 aromatic carbocycles. The summed E-state index contributed by atoms with van der Waals surface area (Å²) in [5.41, 5.74) is 2.41. The number of piperidine rings is 1. The zero-order valence-corrected chi connectivity index (χ0v) is 25.1. The number of carboxylic acids is 2. The lowest BCUT2D eigenvalue weighted by Gasteiger charge is -2.48. The van der Waals surface area contributed by atoms with Crippen LogP contribution >= 0.6 is 0 Å². The number of likely N-dealkylation sites (tertiary alicyclic amines) is 1. The highest BCUT2D eigenvalue weighted by atomic mass is 19.4. The van der Waals surface area contributed by atoms with Gasteiger partial charge in [0.25, 0.3) is 0 Å². The predicted molar refractivity (Wildman–Crippen MR) is 151 cm³/mol. The Morgan fingerprint density at radius 2 is 1.41 bits per heavy atom. The fourth-order valence-electron chi connectivity index (χ4n) is 5.25. The molecule has 3 aromatic rings. The normalized spacial score (nSPS) is 16.3. The van der Waals surface area contributed by atoms with Gasteiger partial charge in [0.05, 0.1) is 26.3 Å². The van der Waals surface area contributed by atoms with Crippen molar-refractivity contribution in [3.8, 4) is 22.9 Å². The average molecular weight is 662 g/mol. The van der Waals surface area contributed by atoms with Crippen molar-refractivity contribution in [2.45, 2.75) is 43.8 Å². The molecule has 1 spiro atoms. The number of benzene rings is 2. The summed E-state index contributed by atoms with van der Waals surface area (Å²) >= 11 is 0. The molecule has 2 aliphatic heterocycles. The second-order valence-electron chi connectivity index (χ2n) is 10.6. The standard InChI is InChI=1S/C25H31N5O2.2C2HF3O2/c1-28-17-23-26-27-24(20-7-9-21(31-2)10-8-20)30(23)25(18-28)11-13-29(14-12-25)16-19-5-4-6-22(15-19)32-3;2*3-2(4,5)1(6)7/h4-10,15H,11-14,16-18H2,1-3H3;2*(H,6,7). The first kappa shape index (κ1) is 36.1. The van der Waals surface area contributed by atoms with Crippen molar-refractivity contribution in [1.82, 2.24) is 24.6 Å². The van der Waals surface area contributed by atoms with Crippen molar-refractivity contribution in [3.63, 3.8) is 0 Å². The molecule has 0 amide bonds. The smallest absolute Gasteiger partial charge is 0.490 e. The number of aromatic nitrogens is 3. The SMILES string of the molecule is COc1ccc(-c2nnc3n2C2(CCN(Cc4cccc(OC)c4)CC2)CN(C)C3)cc1.O=C(O)C(F)(F)F.O=C(O)C(F)(F)F. The molecule has 0 atom stereocenters. The molecule has 1 saturated heterocycles. The molecule has 2 N–H and O–H groups in total. The number of halogens is 6. The number of carboxylic acid groups (broad SMARTS) is 2. The Morgan fingerprint density at radius 3 is 1.91 bits per heavy atom. The van der Waals surface area contributed by atoms with Crippen molar-refractivity contribution in [1.29, 1.82) is 0 Å². The van der Waals surface area contributed by atoms with Crippen LogP contribution < -0.4 is 9.47 Å². The quantitative estimate of drug-likeness (QED) is 0.373. The first-order valence-electron chi connectivity index (χ1n) is 13.7. The Bertz CT molecular complexity index is 1450. The van der Waals surface area contributed by atoms with Gasteiger partial charge < -0.3 is 24.3 Å². The van der Waals surface area contributed by atoms with E-state index in [9.17, 15) is 26.3 Å². The number of likely N-dealkylation sites (N-methyl/N-ethyl adjacent to an activating group) is 1. The van der Waals surface area contributed by atoms with Crippen LogP contribution in [-0.4, -0.2) is 100.0 Å². The first-order chi connectivity index (χ1) is 21.5. The zero-order valence-electron chi connectivity index (χ0n) is 25.1. The summed E-state index contributed by atoms with van der Waals surface area (Å²) in [6, 6.07) is 16.5. The van der Waals surface area contributed by atoms with Gasteiger partial charge in [-0.25, -0.2) is 9.59 Å². The molecule has 3 heterocycles. The van der Waals surface area contributed by atoms with E-state index in [-0.39, 0.29) is 5.54 Å². The fourth-order valence-corrected chi connectivity index (χ4v) is 5.25. The van der Waals surface area contributed by atoms with Gasteiger partial charge in [0, 0.05) is 31.7 Å². The van der Waals surface area contributed by atoms with Crippen molar-refractivity contribution in [2.24, 2.45) is 0 Å². The highest BCUT2D eigenvalue weighted by molar-refractivity contribution is 5.73. The molecule has 17 heteroatoms. The van der Waals surface area contributed by atoms with Crippen LogP contribution in [0.2, 0.25) is 0 Å². The third-order valence-electron chi connectivity index (χ3n) is 7.34. The van der Waals surface area contributed by atoms with E-state index in [4.69, 9.17) is 29.3 Å². The Hall–Kier alpha value is -4.38. The van der Waals surface area contributed by atoms with Crippen LogP contribution in [0.25, 0.3) is 11.4 Å². The second kappa shape index (κ2) is 14.8. The minimum absolute atomic E-state index is 0.0198. The van der Waals surface area contributed by atoms with Gasteiger partial charge >= 0.3 is 24.3 Å². The van der Waals surface area contributed by atoms with E-state index in [0.29, 0.717) is 0 Å². The molecule has 11 nitrogen and oxygen atoms in total. The molecule has 2 aliphatic rings. The highest BCUT2D eigenvalue weighted by Gasteiger charge is 2.43. The van der Waals surface area contributed by atoms with E-state index in [1.807, 2.05) is 18.2 Å². The third kappa shape index (κ3) is 9.32. The fraction of sp³-hybridized carbons (Fsp3) is 0.448. The maximum atomic E-state index is 10.6. The lowest BCUT2D eigenvalue weighted by molar-refractivity contribution is -0.193. The molecule has 252 valence electrons. The topological polar surface area (TPSA) is 130 Å². The number of hydrogen-bond donors (Lipinski definition) is 2. The number of rotatable bonds is 5.